The molecule has 2 aliphatic rings. The van der Waals surface area contributed by atoms with Gasteiger partial charge in [0, 0.05) is 31.8 Å². The number of esters is 1. The molecule has 0 saturated carbocycles. The van der Waals surface area contributed by atoms with E-state index >= 15 is 0 Å². The summed E-state index contributed by atoms with van der Waals surface area (Å²) in [5.74, 6) is 0.292. The Bertz CT molecular complexity index is 838. The van der Waals surface area contributed by atoms with E-state index in [9.17, 15) is 9.59 Å². The number of methoxy groups -OCH3 is 1. The number of cyclic esters (lactones) is 1. The highest BCUT2D eigenvalue weighted by molar-refractivity contribution is 5.81. The lowest BCUT2D eigenvalue weighted by Gasteiger charge is -2.17. The van der Waals surface area contributed by atoms with Gasteiger partial charge in [0.15, 0.2) is 0 Å². The number of amides is 1. The van der Waals surface area contributed by atoms with Gasteiger partial charge in [-0.15, -0.1) is 0 Å². The van der Waals surface area contributed by atoms with E-state index in [1.54, 1.807) is 12.0 Å². The third-order valence-corrected chi connectivity index (χ3v) is 4.91. The van der Waals surface area contributed by atoms with Gasteiger partial charge in [-0.25, -0.2) is 9.97 Å². The highest BCUT2D eigenvalue weighted by Crippen LogP contribution is 2.30. The molecule has 2 saturated heterocycles. The van der Waals surface area contributed by atoms with Crippen LogP contribution in [0.25, 0.3) is 11.0 Å². The highest BCUT2D eigenvalue weighted by Gasteiger charge is 2.45. The number of carbonyl (C=O) groups excluding carboxylic acids is 2. The van der Waals surface area contributed by atoms with Gasteiger partial charge in [0.1, 0.15) is 5.69 Å². The third kappa shape index (κ3) is 2.90. The van der Waals surface area contributed by atoms with Crippen LogP contribution in [0.4, 0.5) is 0 Å². The summed E-state index contributed by atoms with van der Waals surface area (Å²) >= 11 is 0. The van der Waals surface area contributed by atoms with Gasteiger partial charge >= 0.3 is 5.97 Å². The highest BCUT2D eigenvalue weighted by atomic mass is 16.5. The molecule has 1 aromatic heterocycles. The number of fused-ring (bicyclic) bond motifs is 2. The number of nitrogens with zero attached hydrogens (tertiary/aromatic N) is 3. The van der Waals surface area contributed by atoms with Gasteiger partial charge in [-0.2, -0.15) is 0 Å². The fourth-order valence-corrected chi connectivity index (χ4v) is 3.54. The summed E-state index contributed by atoms with van der Waals surface area (Å²) in [5, 5.41) is 0. The number of carbonyl (C=O) groups is 2. The SMILES string of the molecule is COc1nc2ccccc2nc1CCC(=O)N1C[C@@H]2COC(=O)[C@@H]2C1. The molecule has 0 spiro atoms. The van der Waals surface area contributed by atoms with E-state index in [1.165, 1.54) is 0 Å². The summed E-state index contributed by atoms with van der Waals surface area (Å²) in [5.41, 5.74) is 2.22. The minimum absolute atomic E-state index is 0.0270. The van der Waals surface area contributed by atoms with Crippen LogP contribution in [0.2, 0.25) is 0 Å². The Morgan fingerprint density at radius 3 is 2.76 bits per heavy atom. The first kappa shape index (κ1) is 15.8. The zero-order chi connectivity index (χ0) is 17.4. The van der Waals surface area contributed by atoms with E-state index < -0.39 is 0 Å². The Hall–Kier alpha value is -2.70. The minimum atomic E-state index is -0.178. The van der Waals surface area contributed by atoms with Crippen LogP contribution in [0.15, 0.2) is 24.3 Å². The van der Waals surface area contributed by atoms with Crippen molar-refractivity contribution in [2.24, 2.45) is 11.8 Å². The number of hydrogen-bond donors (Lipinski definition) is 0. The monoisotopic (exact) mass is 341 g/mol. The molecular weight excluding hydrogens is 322 g/mol. The van der Waals surface area contributed by atoms with E-state index in [-0.39, 0.29) is 23.7 Å². The van der Waals surface area contributed by atoms with Gasteiger partial charge in [0.05, 0.1) is 30.7 Å². The normalized spacial score (nSPS) is 22.1. The number of hydrogen-bond acceptors (Lipinski definition) is 6. The summed E-state index contributed by atoms with van der Waals surface area (Å²) < 4.78 is 10.4. The van der Waals surface area contributed by atoms with Crippen LogP contribution < -0.4 is 4.74 Å². The maximum absolute atomic E-state index is 12.5. The molecule has 2 aliphatic heterocycles. The molecule has 3 heterocycles. The quantitative estimate of drug-likeness (QED) is 0.778. The molecule has 0 N–H and O–H groups in total. The number of rotatable bonds is 4. The third-order valence-electron chi connectivity index (χ3n) is 4.91. The van der Waals surface area contributed by atoms with Gasteiger partial charge in [0.25, 0.3) is 0 Å². The molecule has 1 aromatic carbocycles. The lowest BCUT2D eigenvalue weighted by molar-refractivity contribution is -0.142. The standard InChI is InChI=1S/C18H19N3O4/c1-24-17-15(19-13-4-2-3-5-14(13)20-17)6-7-16(22)21-8-11-10-25-18(23)12(11)9-21/h2-5,11-12H,6-10H2,1H3/t11-,12-/m1/s1. The Kier molecular flexibility index (Phi) is 3.99. The van der Waals surface area contributed by atoms with Crippen molar-refractivity contribution >= 4 is 22.9 Å². The average Bonchev–Trinajstić information content (AvgIpc) is 3.21. The van der Waals surface area contributed by atoms with Gasteiger partial charge in [-0.1, -0.05) is 12.1 Å². The van der Waals surface area contributed by atoms with Gasteiger partial charge in [-0.3, -0.25) is 9.59 Å². The smallest absolute Gasteiger partial charge is 0.311 e. The van der Waals surface area contributed by atoms with Crippen molar-refractivity contribution in [2.45, 2.75) is 12.8 Å². The van der Waals surface area contributed by atoms with E-state index in [0.29, 0.717) is 44.1 Å². The second-order valence-corrected chi connectivity index (χ2v) is 6.46. The Labute approximate surface area is 145 Å². The molecule has 4 rings (SSSR count). The van der Waals surface area contributed by atoms with Crippen LogP contribution in [0, 0.1) is 11.8 Å². The minimum Gasteiger partial charge on any atom is -0.480 e. The number of aryl methyl sites for hydroxylation is 1. The van der Waals surface area contributed by atoms with Gasteiger partial charge in [0.2, 0.25) is 11.8 Å². The fourth-order valence-electron chi connectivity index (χ4n) is 3.54. The number of benzene rings is 1. The van der Waals surface area contributed by atoms with Crippen LogP contribution in [0.1, 0.15) is 12.1 Å². The second kappa shape index (κ2) is 6.31. The van der Waals surface area contributed by atoms with Crippen molar-refractivity contribution in [1.29, 1.82) is 0 Å². The van der Waals surface area contributed by atoms with Crippen LogP contribution in [0.5, 0.6) is 5.88 Å². The van der Waals surface area contributed by atoms with Crippen molar-refractivity contribution in [3.63, 3.8) is 0 Å². The molecule has 2 fully saturated rings. The van der Waals surface area contributed by atoms with E-state index in [1.807, 2.05) is 24.3 Å². The molecule has 25 heavy (non-hydrogen) atoms. The van der Waals surface area contributed by atoms with Crippen molar-refractivity contribution in [3.8, 4) is 5.88 Å². The number of para-hydroxylation sites is 2. The van der Waals surface area contributed by atoms with Crippen LogP contribution >= 0.6 is 0 Å². The lowest BCUT2D eigenvalue weighted by atomic mass is 10.0. The summed E-state index contributed by atoms with van der Waals surface area (Å²) in [4.78, 5) is 34.9. The average molecular weight is 341 g/mol. The summed E-state index contributed by atoms with van der Waals surface area (Å²) in [7, 11) is 1.55. The van der Waals surface area contributed by atoms with Crippen molar-refractivity contribution in [3.05, 3.63) is 30.0 Å². The lowest BCUT2D eigenvalue weighted by Crippen LogP contribution is -2.31. The Morgan fingerprint density at radius 2 is 2.04 bits per heavy atom. The number of likely N-dealkylation sites (tertiary alicyclic amines) is 1. The molecule has 0 aliphatic carbocycles. The molecule has 7 heteroatoms. The Morgan fingerprint density at radius 1 is 1.28 bits per heavy atom. The molecule has 2 aromatic rings. The molecule has 7 nitrogen and oxygen atoms in total. The molecule has 2 atom stereocenters. The van der Waals surface area contributed by atoms with E-state index in [2.05, 4.69) is 9.97 Å². The Balaban J connectivity index is 1.45. The molecular formula is C18H19N3O4. The van der Waals surface area contributed by atoms with Crippen molar-refractivity contribution in [2.75, 3.05) is 26.8 Å². The predicted molar refractivity (Wildman–Crippen MR) is 88.9 cm³/mol. The maximum Gasteiger partial charge on any atom is 0.311 e. The fraction of sp³-hybridized carbons (Fsp3) is 0.444. The summed E-state index contributed by atoms with van der Waals surface area (Å²) in [6, 6.07) is 7.57. The first-order valence-corrected chi connectivity index (χ1v) is 8.40. The first-order valence-electron chi connectivity index (χ1n) is 8.40. The zero-order valence-corrected chi connectivity index (χ0v) is 14.0. The molecule has 1 amide bonds. The van der Waals surface area contributed by atoms with Crippen molar-refractivity contribution < 1.29 is 19.1 Å². The number of ether oxygens (including phenoxy) is 2. The van der Waals surface area contributed by atoms with Gasteiger partial charge in [-0.05, 0) is 12.1 Å². The molecule has 0 unspecified atom stereocenters. The molecule has 0 radical (unpaired) electrons. The second-order valence-electron chi connectivity index (χ2n) is 6.46. The van der Waals surface area contributed by atoms with Crippen LogP contribution in [0.3, 0.4) is 0 Å². The van der Waals surface area contributed by atoms with Crippen LogP contribution in [-0.4, -0.2) is 53.6 Å². The van der Waals surface area contributed by atoms with Crippen LogP contribution in [-0.2, 0) is 20.7 Å². The molecule has 130 valence electrons. The predicted octanol–water partition coefficient (Wildman–Crippen LogP) is 1.20. The van der Waals surface area contributed by atoms with Gasteiger partial charge < -0.3 is 14.4 Å². The summed E-state index contributed by atoms with van der Waals surface area (Å²) in [6.07, 6.45) is 0.772. The summed E-state index contributed by atoms with van der Waals surface area (Å²) in [6.45, 7) is 1.48. The number of aromatic nitrogens is 2. The largest absolute Gasteiger partial charge is 0.480 e. The molecule has 0 bridgehead atoms. The van der Waals surface area contributed by atoms with E-state index in [0.717, 1.165) is 11.0 Å². The zero-order valence-electron chi connectivity index (χ0n) is 14.0. The maximum atomic E-state index is 12.5. The van der Waals surface area contributed by atoms with E-state index in [4.69, 9.17) is 9.47 Å². The first-order chi connectivity index (χ1) is 12.2. The topological polar surface area (TPSA) is 81.6 Å². The van der Waals surface area contributed by atoms with Crippen molar-refractivity contribution in [1.82, 2.24) is 14.9 Å².